The second-order valence-corrected chi connectivity index (χ2v) is 7.52. The van der Waals surface area contributed by atoms with E-state index in [0.717, 1.165) is 27.8 Å². The van der Waals surface area contributed by atoms with Crippen LogP contribution >= 0.6 is 15.9 Å². The Morgan fingerprint density at radius 2 is 2.04 bits per heavy atom. The number of aryl methyl sites for hydroxylation is 2. The van der Waals surface area contributed by atoms with Gasteiger partial charge in [0.25, 0.3) is 5.91 Å². The quantitative estimate of drug-likeness (QED) is 0.826. The van der Waals surface area contributed by atoms with E-state index < -0.39 is 0 Å². The summed E-state index contributed by atoms with van der Waals surface area (Å²) >= 11 is 3.42. The molecule has 1 fully saturated rings. The Bertz CT molecular complexity index is 810. The average molecular weight is 419 g/mol. The highest BCUT2D eigenvalue weighted by Gasteiger charge is 2.28. The molecule has 1 N–H and O–H groups in total. The predicted octanol–water partition coefficient (Wildman–Crippen LogP) is 3.46. The average Bonchev–Trinajstić information content (AvgIpc) is 3.09. The Hall–Kier alpha value is -2.15. The number of benzene rings is 1. The Morgan fingerprint density at radius 3 is 2.65 bits per heavy atom. The van der Waals surface area contributed by atoms with Crippen molar-refractivity contribution in [2.45, 2.75) is 33.2 Å². The van der Waals surface area contributed by atoms with E-state index in [0.29, 0.717) is 25.9 Å². The van der Waals surface area contributed by atoms with Gasteiger partial charge in [0.05, 0.1) is 11.9 Å². The second-order valence-electron chi connectivity index (χ2n) is 6.60. The minimum Gasteiger partial charge on any atom is -0.339 e. The Kier molecular flexibility index (Phi) is 5.76. The summed E-state index contributed by atoms with van der Waals surface area (Å²) in [7, 11) is 0. The molecule has 7 heteroatoms. The minimum atomic E-state index is -0.0740. The molecule has 6 nitrogen and oxygen atoms in total. The molecule has 2 heterocycles. The molecule has 0 radical (unpaired) electrons. The normalized spacial score (nSPS) is 15.1. The third kappa shape index (κ3) is 4.15. The summed E-state index contributed by atoms with van der Waals surface area (Å²) in [5, 5.41) is 7.09. The Balaban J connectivity index is 1.56. The molecular formula is C19H23BrN4O2. The number of hydrogen-bond acceptors (Lipinski definition) is 3. The van der Waals surface area contributed by atoms with Gasteiger partial charge in [-0.15, -0.1) is 0 Å². The van der Waals surface area contributed by atoms with Gasteiger partial charge in [0.15, 0.2) is 0 Å². The number of nitrogens with zero attached hydrogens (tertiary/aromatic N) is 3. The molecule has 0 bridgehead atoms. The number of rotatable bonds is 4. The first-order valence-electron chi connectivity index (χ1n) is 8.86. The lowest BCUT2D eigenvalue weighted by molar-refractivity contribution is -0.121. The first-order chi connectivity index (χ1) is 12.5. The highest BCUT2D eigenvalue weighted by atomic mass is 79.9. The first kappa shape index (κ1) is 18.6. The SMILES string of the molecule is CCn1cc(NC(=O)C2CCN(C(=O)c3ccc(Br)cc3C)CC2)cn1. The summed E-state index contributed by atoms with van der Waals surface area (Å²) in [5.74, 6) is -0.0271. The number of likely N-dealkylation sites (tertiary alicyclic amines) is 1. The van der Waals surface area contributed by atoms with Crippen LogP contribution in [0.25, 0.3) is 0 Å². The molecule has 1 aliphatic heterocycles. The zero-order chi connectivity index (χ0) is 18.7. The Morgan fingerprint density at radius 1 is 1.31 bits per heavy atom. The minimum absolute atomic E-state index is 0.00701. The van der Waals surface area contributed by atoms with E-state index in [9.17, 15) is 9.59 Å². The van der Waals surface area contributed by atoms with Gasteiger partial charge in [-0.1, -0.05) is 15.9 Å². The van der Waals surface area contributed by atoms with Crippen molar-refractivity contribution in [2.24, 2.45) is 5.92 Å². The standard InChI is InChI=1S/C19H23BrN4O2/c1-3-24-12-16(11-21-24)22-18(25)14-6-8-23(9-7-14)19(26)17-5-4-15(20)10-13(17)2/h4-5,10-12,14H,3,6-9H2,1-2H3,(H,22,25). The van der Waals surface area contributed by atoms with E-state index in [4.69, 9.17) is 0 Å². The van der Waals surface area contributed by atoms with E-state index in [1.807, 2.05) is 43.1 Å². The van der Waals surface area contributed by atoms with Gasteiger partial charge in [0.1, 0.15) is 0 Å². The van der Waals surface area contributed by atoms with Crippen molar-refractivity contribution in [1.82, 2.24) is 14.7 Å². The molecule has 0 spiro atoms. The van der Waals surface area contributed by atoms with Crippen molar-refractivity contribution >= 4 is 33.4 Å². The molecule has 1 aromatic heterocycles. The van der Waals surface area contributed by atoms with Gasteiger partial charge < -0.3 is 10.2 Å². The number of carbonyl (C=O) groups excluding carboxylic acids is 2. The van der Waals surface area contributed by atoms with Crippen LogP contribution in [0.3, 0.4) is 0 Å². The molecule has 2 amide bonds. The van der Waals surface area contributed by atoms with Crippen LogP contribution in [0.5, 0.6) is 0 Å². The van der Waals surface area contributed by atoms with Crippen LogP contribution < -0.4 is 5.32 Å². The summed E-state index contributed by atoms with van der Waals surface area (Å²) in [6.45, 7) is 5.90. The number of anilines is 1. The van der Waals surface area contributed by atoms with Crippen molar-refractivity contribution in [1.29, 1.82) is 0 Å². The molecule has 0 saturated carbocycles. The molecule has 1 aliphatic rings. The molecule has 138 valence electrons. The molecule has 0 unspecified atom stereocenters. The maximum Gasteiger partial charge on any atom is 0.254 e. The third-order valence-corrected chi connectivity index (χ3v) is 5.29. The predicted molar refractivity (Wildman–Crippen MR) is 104 cm³/mol. The van der Waals surface area contributed by atoms with Gasteiger partial charge in [-0.05, 0) is 50.5 Å². The van der Waals surface area contributed by atoms with E-state index in [2.05, 4.69) is 26.3 Å². The molecule has 0 atom stereocenters. The lowest BCUT2D eigenvalue weighted by Crippen LogP contribution is -2.41. The van der Waals surface area contributed by atoms with E-state index >= 15 is 0 Å². The van der Waals surface area contributed by atoms with Crippen LogP contribution in [0.1, 0.15) is 35.7 Å². The highest BCUT2D eigenvalue weighted by Crippen LogP contribution is 2.23. The molecule has 3 rings (SSSR count). The number of carbonyl (C=O) groups is 2. The van der Waals surface area contributed by atoms with Crippen LogP contribution in [-0.2, 0) is 11.3 Å². The van der Waals surface area contributed by atoms with Gasteiger partial charge >= 0.3 is 0 Å². The molecule has 2 aromatic rings. The molecular weight excluding hydrogens is 396 g/mol. The number of halogens is 1. The molecule has 1 aromatic carbocycles. The maximum atomic E-state index is 12.7. The van der Waals surface area contributed by atoms with Crippen molar-refractivity contribution in [3.05, 3.63) is 46.2 Å². The van der Waals surface area contributed by atoms with Gasteiger partial charge in [-0.25, -0.2) is 0 Å². The van der Waals surface area contributed by atoms with Crippen molar-refractivity contribution in [2.75, 3.05) is 18.4 Å². The van der Waals surface area contributed by atoms with Crippen molar-refractivity contribution in [3.63, 3.8) is 0 Å². The van der Waals surface area contributed by atoms with E-state index in [1.165, 1.54) is 0 Å². The lowest BCUT2D eigenvalue weighted by Gasteiger charge is -2.31. The lowest BCUT2D eigenvalue weighted by atomic mass is 9.95. The summed E-state index contributed by atoms with van der Waals surface area (Å²) < 4.78 is 2.74. The number of aromatic nitrogens is 2. The smallest absolute Gasteiger partial charge is 0.254 e. The van der Waals surface area contributed by atoms with E-state index in [1.54, 1.807) is 10.9 Å². The fraction of sp³-hybridized carbons (Fsp3) is 0.421. The van der Waals surface area contributed by atoms with Crippen molar-refractivity contribution < 1.29 is 9.59 Å². The first-order valence-corrected chi connectivity index (χ1v) is 9.66. The summed E-state index contributed by atoms with van der Waals surface area (Å²) in [4.78, 5) is 27.0. The van der Waals surface area contributed by atoms with Crippen molar-refractivity contribution in [3.8, 4) is 0 Å². The van der Waals surface area contributed by atoms with Crippen LogP contribution in [0, 0.1) is 12.8 Å². The van der Waals surface area contributed by atoms with Crippen LogP contribution in [-0.4, -0.2) is 39.6 Å². The number of amides is 2. The summed E-state index contributed by atoms with van der Waals surface area (Å²) in [6, 6.07) is 5.69. The molecule has 1 saturated heterocycles. The fourth-order valence-corrected chi connectivity index (χ4v) is 3.70. The largest absolute Gasteiger partial charge is 0.339 e. The van der Waals surface area contributed by atoms with Crippen LogP contribution in [0.2, 0.25) is 0 Å². The topological polar surface area (TPSA) is 67.2 Å². The second kappa shape index (κ2) is 8.03. The summed E-state index contributed by atoms with van der Waals surface area (Å²) in [6.07, 6.45) is 4.84. The maximum absolute atomic E-state index is 12.7. The van der Waals surface area contributed by atoms with Crippen LogP contribution in [0.4, 0.5) is 5.69 Å². The van der Waals surface area contributed by atoms with Gasteiger partial charge in [-0.3, -0.25) is 14.3 Å². The monoisotopic (exact) mass is 418 g/mol. The Labute approximate surface area is 161 Å². The summed E-state index contributed by atoms with van der Waals surface area (Å²) in [5.41, 5.74) is 2.40. The van der Waals surface area contributed by atoms with Crippen LogP contribution in [0.15, 0.2) is 35.1 Å². The van der Waals surface area contributed by atoms with E-state index in [-0.39, 0.29) is 17.7 Å². The molecule has 26 heavy (non-hydrogen) atoms. The fourth-order valence-electron chi connectivity index (χ4n) is 3.23. The zero-order valence-corrected chi connectivity index (χ0v) is 16.6. The van der Waals surface area contributed by atoms with Gasteiger partial charge in [-0.2, -0.15) is 5.10 Å². The third-order valence-electron chi connectivity index (χ3n) is 4.80. The highest BCUT2D eigenvalue weighted by molar-refractivity contribution is 9.10. The number of nitrogens with one attached hydrogen (secondary N) is 1. The molecule has 0 aliphatic carbocycles. The van der Waals surface area contributed by atoms with Gasteiger partial charge in [0.2, 0.25) is 5.91 Å². The number of hydrogen-bond donors (Lipinski definition) is 1. The zero-order valence-electron chi connectivity index (χ0n) is 15.0. The van der Waals surface area contributed by atoms with Gasteiger partial charge in [0, 0.05) is 41.8 Å². The number of piperidine rings is 1.